The molecule has 1 atom stereocenters. The van der Waals surface area contributed by atoms with Crippen molar-refractivity contribution in [1.29, 1.82) is 0 Å². The maximum atomic E-state index is 11.0. The molecule has 100 valence electrons. The second-order valence-electron chi connectivity index (χ2n) is 3.80. The van der Waals surface area contributed by atoms with E-state index < -0.39 is 26.7 Å². The first-order valence-corrected chi connectivity index (χ1v) is 8.87. The molecule has 1 aliphatic rings. The Morgan fingerprint density at radius 2 is 1.56 bits per heavy atom. The van der Waals surface area contributed by atoms with Crippen molar-refractivity contribution in [3.8, 4) is 0 Å². The van der Waals surface area contributed by atoms with Crippen LogP contribution in [0.25, 0.3) is 0 Å². The number of aliphatic hydroxyl groups is 1. The predicted octanol–water partition coefficient (Wildman–Crippen LogP) is -1.17. The fourth-order valence-electron chi connectivity index (χ4n) is 1.54. The van der Waals surface area contributed by atoms with Crippen LogP contribution in [0, 0.1) is 5.92 Å². The fourth-order valence-corrected chi connectivity index (χ4v) is 5.17. The molecule has 7 nitrogen and oxygen atoms in total. The van der Waals surface area contributed by atoms with Crippen LogP contribution < -0.4 is 0 Å². The van der Waals surface area contributed by atoms with Gasteiger partial charge in [0.15, 0.2) is 0 Å². The summed E-state index contributed by atoms with van der Waals surface area (Å²) in [5.74, 6) is 1.03. The van der Waals surface area contributed by atoms with Gasteiger partial charge in [0, 0.05) is 6.42 Å². The first-order chi connectivity index (χ1) is 7.08. The first kappa shape index (κ1) is 22.9. The van der Waals surface area contributed by atoms with Crippen LogP contribution in [-0.4, -0.2) is 100 Å². The molecule has 1 heterocycles. The van der Waals surface area contributed by atoms with Gasteiger partial charge in [-0.15, -0.1) is 0 Å². The van der Waals surface area contributed by atoms with Crippen LogP contribution in [0.1, 0.15) is 12.8 Å². The van der Waals surface area contributed by atoms with Gasteiger partial charge in [0.05, 0.1) is 0 Å². The van der Waals surface area contributed by atoms with Crippen molar-refractivity contribution in [1.82, 2.24) is 0 Å². The summed E-state index contributed by atoms with van der Waals surface area (Å²) >= 11 is 1.53. The Hall–Kier alpha value is 2.61. The fraction of sp³-hybridized carbons (Fsp3) is 1.00. The molecule has 0 aromatic heterocycles. The van der Waals surface area contributed by atoms with Crippen LogP contribution in [0.5, 0.6) is 0 Å². The van der Waals surface area contributed by atoms with E-state index in [0.29, 0.717) is 12.2 Å². The molecule has 0 aliphatic carbocycles. The standard InChI is InChI=1S/C6H14O7P2S.2Na.2H/c7-6(14(8,9)10,15(11,12)13)3-5-1-2-16-4-5;;;;/h5,7H,1-4H2,(H2,8,9,10)(H2,11,12,13);;;;. The summed E-state index contributed by atoms with van der Waals surface area (Å²) in [5, 5.41) is 6.37. The molecule has 12 heteroatoms. The third-order valence-electron chi connectivity index (χ3n) is 2.52. The average molecular weight is 340 g/mol. The molecule has 1 unspecified atom stereocenters. The molecule has 0 saturated carbocycles. The SMILES string of the molecule is O=P(O)(O)C(O)(CC1CCSC1)P(=O)(O)O.[NaH].[NaH]. The zero-order chi connectivity index (χ0) is 12.6. The minimum absolute atomic E-state index is 0. The van der Waals surface area contributed by atoms with Crippen LogP contribution >= 0.6 is 27.0 Å². The van der Waals surface area contributed by atoms with Gasteiger partial charge in [-0.2, -0.15) is 11.8 Å². The van der Waals surface area contributed by atoms with E-state index in [2.05, 4.69) is 0 Å². The van der Waals surface area contributed by atoms with Crippen LogP contribution in [-0.2, 0) is 9.13 Å². The van der Waals surface area contributed by atoms with Gasteiger partial charge >= 0.3 is 74.3 Å². The molecule has 0 radical (unpaired) electrons. The maximum absolute atomic E-state index is 11.0. The van der Waals surface area contributed by atoms with Crippen LogP contribution in [0.2, 0.25) is 0 Å². The van der Waals surface area contributed by atoms with E-state index in [4.69, 9.17) is 19.6 Å². The van der Waals surface area contributed by atoms with E-state index in [-0.39, 0.29) is 65.0 Å². The van der Waals surface area contributed by atoms with Gasteiger partial charge in [-0.05, 0) is 23.8 Å². The summed E-state index contributed by atoms with van der Waals surface area (Å²) in [6, 6.07) is 0. The van der Waals surface area contributed by atoms with E-state index in [0.717, 1.165) is 5.75 Å². The Morgan fingerprint density at radius 1 is 1.11 bits per heavy atom. The summed E-state index contributed by atoms with van der Waals surface area (Å²) in [7, 11) is -10.6. The second-order valence-corrected chi connectivity index (χ2v) is 8.95. The Labute approximate surface area is 153 Å². The topological polar surface area (TPSA) is 135 Å². The van der Waals surface area contributed by atoms with Gasteiger partial charge < -0.3 is 24.7 Å². The third-order valence-corrected chi connectivity index (χ3v) is 7.55. The first-order valence-electron chi connectivity index (χ1n) is 4.49. The summed E-state index contributed by atoms with van der Waals surface area (Å²) in [6.07, 6.45) is 0.0154. The predicted molar refractivity (Wildman–Crippen MR) is 73.4 cm³/mol. The summed E-state index contributed by atoms with van der Waals surface area (Å²) in [5.41, 5.74) is 0. The van der Waals surface area contributed by atoms with Crippen LogP contribution in [0.15, 0.2) is 0 Å². The molecule has 1 saturated heterocycles. The molecule has 1 aliphatic heterocycles. The van der Waals surface area contributed by atoms with Crippen molar-refractivity contribution in [3.05, 3.63) is 0 Å². The molecule has 1 fully saturated rings. The Morgan fingerprint density at radius 3 is 1.83 bits per heavy atom. The molecule has 18 heavy (non-hydrogen) atoms. The molecule has 0 aromatic rings. The molecule has 0 aromatic carbocycles. The molecule has 1 rings (SSSR count). The van der Waals surface area contributed by atoms with E-state index in [1.165, 1.54) is 11.8 Å². The quantitative estimate of drug-likeness (QED) is 0.319. The second kappa shape index (κ2) is 8.30. The molecule has 5 N–H and O–H groups in total. The van der Waals surface area contributed by atoms with Crippen LogP contribution in [0.4, 0.5) is 0 Å². The molecule has 0 amide bonds. The monoisotopic (exact) mass is 340 g/mol. The number of rotatable bonds is 4. The molecular formula is C6H16Na2O7P2S. The van der Waals surface area contributed by atoms with Gasteiger partial charge in [-0.3, -0.25) is 9.13 Å². The van der Waals surface area contributed by atoms with Crippen molar-refractivity contribution in [3.63, 3.8) is 0 Å². The Kier molecular flexibility index (Phi) is 10.5. The number of thioether (sulfide) groups is 1. The van der Waals surface area contributed by atoms with E-state index in [1.807, 2.05) is 0 Å². The van der Waals surface area contributed by atoms with Crippen molar-refractivity contribution in [2.24, 2.45) is 5.92 Å². The van der Waals surface area contributed by atoms with Gasteiger partial charge in [-0.1, -0.05) is 0 Å². The van der Waals surface area contributed by atoms with E-state index >= 15 is 0 Å². The van der Waals surface area contributed by atoms with Crippen molar-refractivity contribution < 1.29 is 33.8 Å². The van der Waals surface area contributed by atoms with Gasteiger partial charge in [0.2, 0.25) is 0 Å². The summed E-state index contributed by atoms with van der Waals surface area (Å²) in [4.78, 5) is 35.6. The minimum atomic E-state index is -5.28. The molecule has 0 bridgehead atoms. The Balaban J connectivity index is 0. The van der Waals surface area contributed by atoms with Crippen LogP contribution in [0.3, 0.4) is 0 Å². The average Bonchev–Trinajstić information content (AvgIpc) is 2.52. The molecule has 0 spiro atoms. The van der Waals surface area contributed by atoms with Gasteiger partial charge in [-0.25, -0.2) is 0 Å². The van der Waals surface area contributed by atoms with E-state index in [9.17, 15) is 14.2 Å². The summed E-state index contributed by atoms with van der Waals surface area (Å²) < 4.78 is 22.1. The normalized spacial score (nSPS) is 21.1. The van der Waals surface area contributed by atoms with Gasteiger partial charge in [0.25, 0.3) is 5.08 Å². The van der Waals surface area contributed by atoms with Crippen molar-refractivity contribution in [2.45, 2.75) is 17.9 Å². The van der Waals surface area contributed by atoms with Crippen molar-refractivity contribution in [2.75, 3.05) is 11.5 Å². The zero-order valence-corrected chi connectivity index (χ0v) is 10.9. The third kappa shape index (κ3) is 5.43. The Bertz CT molecular complexity index is 328. The zero-order valence-electron chi connectivity index (χ0n) is 8.26. The number of hydrogen-bond acceptors (Lipinski definition) is 4. The van der Waals surface area contributed by atoms with Gasteiger partial charge in [0.1, 0.15) is 0 Å². The summed E-state index contributed by atoms with van der Waals surface area (Å²) in [6.45, 7) is 0. The molecular weight excluding hydrogens is 324 g/mol. The van der Waals surface area contributed by atoms with E-state index in [1.54, 1.807) is 0 Å². The van der Waals surface area contributed by atoms with Crippen molar-refractivity contribution >= 4 is 86.1 Å². The number of hydrogen-bond donors (Lipinski definition) is 5.